The number of phenols is 1. The van der Waals surface area contributed by atoms with E-state index in [2.05, 4.69) is 0 Å². The van der Waals surface area contributed by atoms with Gasteiger partial charge in [0.25, 0.3) is 0 Å². The van der Waals surface area contributed by atoms with Gasteiger partial charge in [0.2, 0.25) is 0 Å². The maximum absolute atomic E-state index is 10.2. The highest BCUT2D eigenvalue weighted by molar-refractivity contribution is 5.79. The van der Waals surface area contributed by atoms with E-state index in [1.165, 1.54) is 6.07 Å². The first-order valence-corrected chi connectivity index (χ1v) is 3.99. The van der Waals surface area contributed by atoms with Crippen LogP contribution in [-0.4, -0.2) is 11.4 Å². The zero-order chi connectivity index (χ0) is 9.56. The van der Waals surface area contributed by atoms with E-state index < -0.39 is 0 Å². The van der Waals surface area contributed by atoms with Crippen molar-refractivity contribution in [2.24, 2.45) is 0 Å². The topological polar surface area (TPSA) is 37.3 Å². The SMILES string of the molecule is CC.Cc1ccc(O)c(C=O)c1. The minimum Gasteiger partial charge on any atom is -0.507 e. The summed E-state index contributed by atoms with van der Waals surface area (Å²) in [6.07, 6.45) is 0.641. The molecule has 0 aliphatic rings. The largest absolute Gasteiger partial charge is 0.507 e. The van der Waals surface area contributed by atoms with Gasteiger partial charge in [0.1, 0.15) is 5.75 Å². The van der Waals surface area contributed by atoms with E-state index in [1.54, 1.807) is 12.1 Å². The van der Waals surface area contributed by atoms with Crippen LogP contribution in [0.4, 0.5) is 0 Å². The molecule has 0 heterocycles. The van der Waals surface area contributed by atoms with Crippen molar-refractivity contribution in [1.82, 2.24) is 0 Å². The lowest BCUT2D eigenvalue weighted by Gasteiger charge is -1.96. The maximum atomic E-state index is 10.2. The van der Waals surface area contributed by atoms with Gasteiger partial charge in [-0.15, -0.1) is 0 Å². The van der Waals surface area contributed by atoms with Crippen molar-refractivity contribution < 1.29 is 9.90 Å². The summed E-state index contributed by atoms with van der Waals surface area (Å²) in [5.74, 6) is 0.0422. The molecule has 12 heavy (non-hydrogen) atoms. The Morgan fingerprint density at radius 2 is 1.92 bits per heavy atom. The van der Waals surface area contributed by atoms with Gasteiger partial charge in [-0.2, -0.15) is 0 Å². The quantitative estimate of drug-likeness (QED) is 0.651. The first-order valence-electron chi connectivity index (χ1n) is 3.99. The number of rotatable bonds is 1. The summed E-state index contributed by atoms with van der Waals surface area (Å²) in [6.45, 7) is 5.87. The number of hydrogen-bond donors (Lipinski definition) is 1. The van der Waals surface area contributed by atoms with Crippen molar-refractivity contribution >= 4 is 6.29 Å². The first-order chi connectivity index (χ1) is 5.74. The number of aromatic hydroxyl groups is 1. The summed E-state index contributed by atoms with van der Waals surface area (Å²) < 4.78 is 0. The van der Waals surface area contributed by atoms with Gasteiger partial charge in [-0.1, -0.05) is 25.5 Å². The number of carbonyl (C=O) groups is 1. The van der Waals surface area contributed by atoms with E-state index in [0.29, 0.717) is 11.8 Å². The standard InChI is InChI=1S/C8H8O2.C2H6/c1-6-2-3-8(10)7(4-6)5-9;1-2/h2-5,10H,1H3;1-2H3. The minimum atomic E-state index is 0.0422. The third-order valence-corrected chi connectivity index (χ3v) is 1.31. The second kappa shape index (κ2) is 5.35. The van der Waals surface area contributed by atoms with Gasteiger partial charge in [-0.25, -0.2) is 0 Å². The van der Waals surface area contributed by atoms with Crippen molar-refractivity contribution in [2.75, 3.05) is 0 Å². The van der Waals surface area contributed by atoms with Crippen molar-refractivity contribution in [3.05, 3.63) is 29.3 Å². The highest BCUT2D eigenvalue weighted by atomic mass is 16.3. The number of benzene rings is 1. The van der Waals surface area contributed by atoms with Crippen LogP contribution in [0.5, 0.6) is 5.75 Å². The molecule has 1 rings (SSSR count). The lowest BCUT2D eigenvalue weighted by molar-refractivity contribution is 0.112. The minimum absolute atomic E-state index is 0.0422. The Kier molecular flexibility index (Phi) is 4.77. The van der Waals surface area contributed by atoms with Crippen LogP contribution in [0.25, 0.3) is 0 Å². The molecule has 0 atom stereocenters. The van der Waals surface area contributed by atoms with Gasteiger partial charge >= 0.3 is 0 Å². The normalized spacial score (nSPS) is 8.25. The second-order valence-corrected chi connectivity index (χ2v) is 2.18. The molecule has 0 radical (unpaired) electrons. The average Bonchev–Trinajstić information content (AvgIpc) is 2.13. The zero-order valence-electron chi connectivity index (χ0n) is 7.66. The molecule has 1 aromatic carbocycles. The molecule has 2 nitrogen and oxygen atoms in total. The Balaban J connectivity index is 0.000000561. The Bertz CT molecular complexity index is 254. The summed E-state index contributed by atoms with van der Waals surface area (Å²) in [4.78, 5) is 10.2. The van der Waals surface area contributed by atoms with Crippen LogP contribution in [0.2, 0.25) is 0 Å². The lowest BCUT2D eigenvalue weighted by Crippen LogP contribution is -1.81. The van der Waals surface area contributed by atoms with Crippen LogP contribution in [-0.2, 0) is 0 Å². The molecule has 66 valence electrons. The highest BCUT2D eigenvalue weighted by Gasteiger charge is 1.96. The summed E-state index contributed by atoms with van der Waals surface area (Å²) in [6, 6.07) is 4.91. The third kappa shape index (κ3) is 2.74. The van der Waals surface area contributed by atoms with Gasteiger partial charge in [-0.3, -0.25) is 4.79 Å². The monoisotopic (exact) mass is 166 g/mol. The highest BCUT2D eigenvalue weighted by Crippen LogP contribution is 2.15. The second-order valence-electron chi connectivity index (χ2n) is 2.18. The fraction of sp³-hybridized carbons (Fsp3) is 0.300. The van der Waals surface area contributed by atoms with Crippen LogP contribution in [0.3, 0.4) is 0 Å². The molecule has 0 aliphatic carbocycles. The van der Waals surface area contributed by atoms with Crippen LogP contribution in [0.15, 0.2) is 18.2 Å². The summed E-state index contributed by atoms with van der Waals surface area (Å²) in [5.41, 5.74) is 1.32. The summed E-state index contributed by atoms with van der Waals surface area (Å²) in [5, 5.41) is 9.00. The van der Waals surface area contributed by atoms with Gasteiger partial charge in [0.15, 0.2) is 6.29 Å². The molecule has 1 aromatic rings. The molecule has 0 saturated carbocycles. The van der Waals surface area contributed by atoms with Crippen LogP contribution >= 0.6 is 0 Å². The van der Waals surface area contributed by atoms with E-state index in [9.17, 15) is 4.79 Å². The van der Waals surface area contributed by atoms with E-state index >= 15 is 0 Å². The molecule has 0 aliphatic heterocycles. The maximum Gasteiger partial charge on any atom is 0.153 e. The van der Waals surface area contributed by atoms with E-state index in [0.717, 1.165) is 5.56 Å². The molecule has 1 N–H and O–H groups in total. The number of aldehydes is 1. The molecule has 0 aromatic heterocycles. The predicted molar refractivity (Wildman–Crippen MR) is 49.6 cm³/mol. The van der Waals surface area contributed by atoms with Crippen molar-refractivity contribution in [3.8, 4) is 5.75 Å². The Morgan fingerprint density at radius 3 is 2.33 bits per heavy atom. The van der Waals surface area contributed by atoms with Crippen molar-refractivity contribution in [3.63, 3.8) is 0 Å². The molecular formula is C10H14O2. The Labute approximate surface area is 72.9 Å². The molecule has 0 saturated heterocycles. The third-order valence-electron chi connectivity index (χ3n) is 1.31. The van der Waals surface area contributed by atoms with Crippen LogP contribution in [0.1, 0.15) is 29.8 Å². The number of phenolic OH excluding ortho intramolecular Hbond substituents is 1. The molecule has 0 fully saturated rings. The summed E-state index contributed by atoms with van der Waals surface area (Å²) >= 11 is 0. The molecule has 2 heteroatoms. The number of carbonyl (C=O) groups excluding carboxylic acids is 1. The van der Waals surface area contributed by atoms with E-state index in [4.69, 9.17) is 5.11 Å². The first kappa shape index (κ1) is 10.7. The number of hydrogen-bond acceptors (Lipinski definition) is 2. The zero-order valence-corrected chi connectivity index (χ0v) is 7.66. The molecule has 0 bridgehead atoms. The van der Waals surface area contributed by atoms with Crippen LogP contribution in [0, 0.1) is 6.92 Å². The molecular weight excluding hydrogens is 152 g/mol. The Morgan fingerprint density at radius 1 is 1.33 bits per heavy atom. The fourth-order valence-corrected chi connectivity index (χ4v) is 0.768. The van der Waals surface area contributed by atoms with Crippen molar-refractivity contribution in [1.29, 1.82) is 0 Å². The van der Waals surface area contributed by atoms with Gasteiger partial charge in [-0.05, 0) is 19.1 Å². The molecule has 0 spiro atoms. The average molecular weight is 166 g/mol. The fourth-order valence-electron chi connectivity index (χ4n) is 0.768. The molecule has 0 amide bonds. The van der Waals surface area contributed by atoms with Gasteiger partial charge in [0.05, 0.1) is 5.56 Å². The van der Waals surface area contributed by atoms with Gasteiger partial charge in [0, 0.05) is 0 Å². The predicted octanol–water partition coefficient (Wildman–Crippen LogP) is 2.54. The lowest BCUT2D eigenvalue weighted by atomic mass is 10.1. The smallest absolute Gasteiger partial charge is 0.153 e. The van der Waals surface area contributed by atoms with E-state index in [-0.39, 0.29) is 5.75 Å². The van der Waals surface area contributed by atoms with Crippen LogP contribution < -0.4 is 0 Å². The van der Waals surface area contributed by atoms with Crippen molar-refractivity contribution in [2.45, 2.75) is 20.8 Å². The Hall–Kier alpha value is -1.31. The summed E-state index contributed by atoms with van der Waals surface area (Å²) in [7, 11) is 0. The molecule has 0 unspecified atom stereocenters. The van der Waals surface area contributed by atoms with Gasteiger partial charge < -0.3 is 5.11 Å². The number of aryl methyl sites for hydroxylation is 1. The van der Waals surface area contributed by atoms with E-state index in [1.807, 2.05) is 20.8 Å².